The van der Waals surface area contributed by atoms with Gasteiger partial charge in [0.1, 0.15) is 14.1 Å². The van der Waals surface area contributed by atoms with Crippen molar-refractivity contribution in [2.24, 2.45) is 14.1 Å². The van der Waals surface area contributed by atoms with Crippen molar-refractivity contribution in [2.75, 3.05) is 0 Å². The highest BCUT2D eigenvalue weighted by atomic mass is 32.1. The van der Waals surface area contributed by atoms with Gasteiger partial charge in [0.15, 0.2) is 22.8 Å². The molecule has 0 unspecified atom stereocenters. The summed E-state index contributed by atoms with van der Waals surface area (Å²) < 4.78 is 10.2. The van der Waals surface area contributed by atoms with Crippen LogP contribution in [-0.2, 0) is 14.1 Å². The van der Waals surface area contributed by atoms with Gasteiger partial charge in [-0.15, -0.1) is 34.0 Å². The first-order chi connectivity index (χ1) is 13.8. The van der Waals surface area contributed by atoms with Gasteiger partial charge in [0.05, 0.1) is 9.40 Å². The van der Waals surface area contributed by atoms with E-state index in [1.54, 1.807) is 0 Å². The fraction of sp³-hybridized carbons (Fsp3) is 0.250. The van der Waals surface area contributed by atoms with Crippen molar-refractivity contribution < 1.29 is 9.13 Å². The second kappa shape index (κ2) is 6.73. The van der Waals surface area contributed by atoms with Crippen LogP contribution >= 0.6 is 34.0 Å². The van der Waals surface area contributed by atoms with Gasteiger partial charge in [-0.2, -0.15) is 0 Å². The lowest BCUT2D eigenvalue weighted by atomic mass is 10.1. The Hall–Kier alpha value is -2.08. The molecule has 0 N–H and O–H groups in total. The van der Waals surface area contributed by atoms with Crippen LogP contribution < -0.4 is 9.13 Å². The monoisotopic (exact) mass is 436 g/mol. The van der Waals surface area contributed by atoms with E-state index in [0.717, 1.165) is 0 Å². The third-order valence-electron chi connectivity index (χ3n) is 5.96. The van der Waals surface area contributed by atoms with Gasteiger partial charge in [-0.25, -0.2) is 9.13 Å². The summed E-state index contributed by atoms with van der Waals surface area (Å²) in [6, 6.07) is 14.0. The van der Waals surface area contributed by atoms with Gasteiger partial charge >= 0.3 is 0 Å². The minimum atomic E-state index is 1.29. The van der Waals surface area contributed by atoms with E-state index < -0.39 is 0 Å². The molecule has 0 aliphatic heterocycles. The number of thiophene rings is 3. The maximum Gasteiger partial charge on any atom is 0.178 e. The van der Waals surface area contributed by atoms with E-state index in [1.165, 1.54) is 62.5 Å². The zero-order valence-corrected chi connectivity index (χ0v) is 20.0. The number of nitrogens with zero attached hydrogens (tertiary/aromatic N) is 2. The fourth-order valence-corrected chi connectivity index (χ4v) is 7.83. The Bertz CT molecular complexity index is 1260. The minimum Gasteiger partial charge on any atom is -0.203 e. The van der Waals surface area contributed by atoms with Gasteiger partial charge in [0.2, 0.25) is 0 Å². The Balaban J connectivity index is 1.63. The Morgan fingerprint density at radius 1 is 0.517 bits per heavy atom. The summed E-state index contributed by atoms with van der Waals surface area (Å²) in [5.41, 5.74) is 7.84. The quantitative estimate of drug-likeness (QED) is 0.283. The number of aryl methyl sites for hydroxylation is 4. The largest absolute Gasteiger partial charge is 0.203 e. The van der Waals surface area contributed by atoms with Crippen molar-refractivity contribution >= 4 is 52.8 Å². The normalized spacial score (nSPS) is 11.8. The molecule has 0 saturated carbocycles. The van der Waals surface area contributed by atoms with Gasteiger partial charge in [-0.1, -0.05) is 0 Å². The maximum atomic E-state index is 2.38. The first kappa shape index (κ1) is 18.9. The van der Waals surface area contributed by atoms with Gasteiger partial charge in [0, 0.05) is 82.2 Å². The smallest absolute Gasteiger partial charge is 0.178 e. The lowest BCUT2D eigenvalue weighted by molar-refractivity contribution is -0.683. The number of rotatable bonds is 2. The lowest BCUT2D eigenvalue weighted by Crippen LogP contribution is -2.35. The van der Waals surface area contributed by atoms with Crippen molar-refractivity contribution in [3.63, 3.8) is 0 Å². The molecule has 5 aromatic rings. The van der Waals surface area contributed by atoms with E-state index in [2.05, 4.69) is 87.3 Å². The molecule has 2 nitrogen and oxygen atoms in total. The van der Waals surface area contributed by atoms with Crippen LogP contribution in [0.2, 0.25) is 0 Å². The molecule has 29 heavy (non-hydrogen) atoms. The molecule has 0 amide bonds. The highest BCUT2D eigenvalue weighted by Gasteiger charge is 2.18. The second-order valence-corrected chi connectivity index (χ2v) is 11.1. The molecule has 0 aromatic carbocycles. The number of hydrogen-bond acceptors (Lipinski definition) is 3. The van der Waals surface area contributed by atoms with E-state index in [4.69, 9.17) is 0 Å². The molecule has 0 aliphatic carbocycles. The summed E-state index contributed by atoms with van der Waals surface area (Å²) in [7, 11) is 4.26. The van der Waals surface area contributed by atoms with Crippen molar-refractivity contribution in [2.45, 2.75) is 27.7 Å². The summed E-state index contributed by atoms with van der Waals surface area (Å²) in [5, 5.41) is 0. The molecule has 0 bridgehead atoms. The van der Waals surface area contributed by atoms with Crippen LogP contribution in [0.3, 0.4) is 0 Å². The fourth-order valence-electron chi connectivity index (χ4n) is 3.83. The van der Waals surface area contributed by atoms with Crippen LogP contribution in [0.4, 0.5) is 0 Å². The Morgan fingerprint density at radius 3 is 1.21 bits per heavy atom. The maximum absolute atomic E-state index is 2.38. The molecule has 0 atom stereocenters. The average molecular weight is 437 g/mol. The predicted octanol–water partition coefficient (Wildman–Crippen LogP) is 6.39. The summed E-state index contributed by atoms with van der Waals surface area (Å²) in [5.74, 6) is 0. The molecule has 0 aliphatic rings. The number of aromatic nitrogens is 2. The van der Waals surface area contributed by atoms with Crippen molar-refractivity contribution in [1.82, 2.24) is 0 Å². The molecular weight excluding hydrogens is 412 g/mol. The van der Waals surface area contributed by atoms with Crippen molar-refractivity contribution in [3.05, 3.63) is 59.2 Å². The number of hydrogen-bond donors (Lipinski definition) is 0. The molecule has 5 heterocycles. The first-order valence-electron chi connectivity index (χ1n) is 9.73. The zero-order valence-electron chi connectivity index (χ0n) is 17.6. The zero-order chi connectivity index (χ0) is 20.4. The molecule has 146 valence electrons. The minimum absolute atomic E-state index is 1.29. The van der Waals surface area contributed by atoms with Crippen LogP contribution in [0.5, 0.6) is 0 Å². The molecule has 0 spiro atoms. The third kappa shape index (κ3) is 3.03. The van der Waals surface area contributed by atoms with E-state index in [0.29, 0.717) is 0 Å². The van der Waals surface area contributed by atoms with Gasteiger partial charge < -0.3 is 0 Å². The molecule has 0 fully saturated rings. The molecule has 5 heteroatoms. The highest BCUT2D eigenvalue weighted by molar-refractivity contribution is 7.40. The van der Waals surface area contributed by atoms with Crippen LogP contribution in [0.25, 0.3) is 39.7 Å². The van der Waals surface area contributed by atoms with Crippen LogP contribution in [-0.4, -0.2) is 0 Å². The molecule has 5 aromatic heterocycles. The molecule has 0 saturated heterocycles. The molecule has 5 rings (SSSR count). The van der Waals surface area contributed by atoms with E-state index >= 15 is 0 Å². The standard InChI is InChI=1S/C24H24N2S3/c1-13-7-17(8-14(2)25(13)5)19-11-21-23(28-19)24-22(27-21)12-20(29-24)18-9-15(3)26(6)16(4)10-18/h7-12H,1-6H3/q+2. The van der Waals surface area contributed by atoms with Gasteiger partial charge in [0.25, 0.3) is 0 Å². The van der Waals surface area contributed by atoms with Crippen molar-refractivity contribution in [1.29, 1.82) is 0 Å². The Kier molecular flexibility index (Phi) is 4.39. The first-order valence-corrected chi connectivity index (χ1v) is 12.2. The van der Waals surface area contributed by atoms with Crippen LogP contribution in [0, 0.1) is 27.7 Å². The summed E-state index contributed by atoms with van der Waals surface area (Å²) in [6.07, 6.45) is 0. The Labute approximate surface area is 183 Å². The van der Waals surface area contributed by atoms with E-state index in [1.807, 2.05) is 34.0 Å². The molecule has 0 radical (unpaired) electrons. The number of pyridine rings is 2. The SMILES string of the molecule is Cc1cc(-c2cc3sc4cc(-c5cc(C)[n+](C)c(C)c5)sc4c3s2)cc(C)[n+]1C. The van der Waals surface area contributed by atoms with E-state index in [-0.39, 0.29) is 0 Å². The third-order valence-corrected chi connectivity index (χ3v) is 9.84. The predicted molar refractivity (Wildman–Crippen MR) is 127 cm³/mol. The van der Waals surface area contributed by atoms with Crippen LogP contribution in [0.1, 0.15) is 22.8 Å². The topological polar surface area (TPSA) is 7.76 Å². The summed E-state index contributed by atoms with van der Waals surface area (Å²) in [4.78, 5) is 2.74. The highest BCUT2D eigenvalue weighted by Crippen LogP contribution is 2.48. The summed E-state index contributed by atoms with van der Waals surface area (Å²) in [6.45, 7) is 8.72. The lowest BCUT2D eigenvalue weighted by Gasteiger charge is -2.02. The van der Waals surface area contributed by atoms with Gasteiger partial charge in [-0.3, -0.25) is 0 Å². The van der Waals surface area contributed by atoms with Crippen molar-refractivity contribution in [3.8, 4) is 20.9 Å². The number of fused-ring (bicyclic) bond motifs is 3. The molecular formula is C24H24N2S3+2. The van der Waals surface area contributed by atoms with Gasteiger partial charge in [-0.05, 0) is 12.1 Å². The van der Waals surface area contributed by atoms with Crippen LogP contribution in [0.15, 0.2) is 36.4 Å². The van der Waals surface area contributed by atoms with E-state index in [9.17, 15) is 0 Å². The average Bonchev–Trinajstić information content (AvgIpc) is 3.33. The second-order valence-electron chi connectivity index (χ2n) is 7.88. The Morgan fingerprint density at radius 2 is 0.862 bits per heavy atom. The summed E-state index contributed by atoms with van der Waals surface area (Å²) >= 11 is 5.80.